The molecule has 2 aromatic heterocycles. The van der Waals surface area contributed by atoms with Crippen LogP contribution in [-0.4, -0.2) is 19.5 Å². The first-order valence-electron chi connectivity index (χ1n) is 5.85. The Hall–Kier alpha value is -2.96. The molecular weight excluding hydrogens is 259 g/mol. The van der Waals surface area contributed by atoms with E-state index < -0.39 is 0 Å². The number of aromatic nitrogens is 4. The molecule has 3 N–H and O–H groups in total. The molecular formula is C13H11FN6. The highest BCUT2D eigenvalue weighted by Crippen LogP contribution is 2.24. The van der Waals surface area contributed by atoms with Gasteiger partial charge in [0, 0.05) is 18.1 Å². The molecule has 0 aliphatic rings. The SMILES string of the molecule is Nc1c(Nc2ccc(F)cc2)ncnc1-n1ccnc1. The number of nitrogen functional groups attached to an aromatic ring is 1. The molecule has 20 heavy (non-hydrogen) atoms. The molecule has 3 rings (SSSR count). The van der Waals surface area contributed by atoms with E-state index in [1.54, 1.807) is 35.4 Å². The standard InChI is InChI=1S/C13H11FN6/c14-9-1-3-10(4-2-9)19-12-11(15)13(18-7-17-12)20-6-5-16-8-20/h1-8H,15H2,(H,17,18,19). The van der Waals surface area contributed by atoms with Crippen molar-refractivity contribution in [3.8, 4) is 5.82 Å². The molecule has 0 saturated heterocycles. The van der Waals surface area contributed by atoms with E-state index in [-0.39, 0.29) is 5.82 Å². The number of halogens is 1. The first kappa shape index (κ1) is 12.1. The molecule has 0 bridgehead atoms. The minimum atomic E-state index is -0.301. The monoisotopic (exact) mass is 270 g/mol. The van der Waals surface area contributed by atoms with Crippen molar-refractivity contribution >= 4 is 17.2 Å². The number of nitrogens with zero attached hydrogens (tertiary/aromatic N) is 4. The Kier molecular flexibility index (Phi) is 3.00. The first-order chi connectivity index (χ1) is 9.74. The Bertz CT molecular complexity index is 708. The number of benzene rings is 1. The van der Waals surface area contributed by atoms with Crippen molar-refractivity contribution in [3.63, 3.8) is 0 Å². The van der Waals surface area contributed by atoms with Crippen molar-refractivity contribution in [1.29, 1.82) is 0 Å². The second kappa shape index (κ2) is 4.96. The van der Waals surface area contributed by atoms with Crippen LogP contribution in [-0.2, 0) is 0 Å². The topological polar surface area (TPSA) is 81.6 Å². The molecule has 0 radical (unpaired) electrons. The number of hydrogen-bond donors (Lipinski definition) is 2. The zero-order valence-electron chi connectivity index (χ0n) is 10.4. The zero-order chi connectivity index (χ0) is 13.9. The summed E-state index contributed by atoms with van der Waals surface area (Å²) >= 11 is 0. The lowest BCUT2D eigenvalue weighted by Gasteiger charge is -2.11. The lowest BCUT2D eigenvalue weighted by molar-refractivity contribution is 0.628. The van der Waals surface area contributed by atoms with Crippen molar-refractivity contribution in [3.05, 3.63) is 55.1 Å². The largest absolute Gasteiger partial charge is 0.393 e. The van der Waals surface area contributed by atoms with Crippen molar-refractivity contribution < 1.29 is 4.39 Å². The fourth-order valence-electron chi connectivity index (χ4n) is 1.75. The van der Waals surface area contributed by atoms with Gasteiger partial charge < -0.3 is 11.1 Å². The molecule has 0 aliphatic heterocycles. The lowest BCUT2D eigenvalue weighted by Crippen LogP contribution is -2.06. The molecule has 0 unspecified atom stereocenters. The Balaban J connectivity index is 1.94. The van der Waals surface area contributed by atoms with Gasteiger partial charge in [0.2, 0.25) is 0 Å². The molecule has 0 aliphatic carbocycles. The second-order valence-corrected chi connectivity index (χ2v) is 4.06. The second-order valence-electron chi connectivity index (χ2n) is 4.06. The number of anilines is 3. The zero-order valence-corrected chi connectivity index (χ0v) is 10.4. The summed E-state index contributed by atoms with van der Waals surface area (Å²) in [4.78, 5) is 12.2. The Morgan fingerprint density at radius 3 is 2.65 bits per heavy atom. The third-order valence-corrected chi connectivity index (χ3v) is 2.72. The maximum absolute atomic E-state index is 12.9. The highest BCUT2D eigenvalue weighted by atomic mass is 19.1. The highest BCUT2D eigenvalue weighted by molar-refractivity contribution is 5.73. The van der Waals surface area contributed by atoms with Crippen LogP contribution < -0.4 is 11.1 Å². The van der Waals surface area contributed by atoms with Gasteiger partial charge in [-0.3, -0.25) is 4.57 Å². The summed E-state index contributed by atoms with van der Waals surface area (Å²) in [5, 5.41) is 3.03. The van der Waals surface area contributed by atoms with Crippen LogP contribution in [0.15, 0.2) is 49.3 Å². The average molecular weight is 270 g/mol. The maximum Gasteiger partial charge on any atom is 0.166 e. The van der Waals surface area contributed by atoms with Gasteiger partial charge in [-0.25, -0.2) is 19.3 Å². The number of rotatable bonds is 3. The average Bonchev–Trinajstić information content (AvgIpc) is 2.97. The summed E-state index contributed by atoms with van der Waals surface area (Å²) in [7, 11) is 0. The smallest absolute Gasteiger partial charge is 0.166 e. The molecule has 6 nitrogen and oxygen atoms in total. The molecule has 0 atom stereocenters. The minimum absolute atomic E-state index is 0.301. The quantitative estimate of drug-likeness (QED) is 0.762. The van der Waals surface area contributed by atoms with E-state index >= 15 is 0 Å². The number of hydrogen-bond acceptors (Lipinski definition) is 5. The summed E-state index contributed by atoms with van der Waals surface area (Å²) in [5.74, 6) is 0.683. The number of nitrogens with one attached hydrogen (secondary N) is 1. The third kappa shape index (κ3) is 2.28. The van der Waals surface area contributed by atoms with Crippen LogP contribution in [0.4, 0.5) is 21.6 Å². The van der Waals surface area contributed by atoms with Crippen molar-refractivity contribution in [1.82, 2.24) is 19.5 Å². The van der Waals surface area contributed by atoms with Gasteiger partial charge in [0.05, 0.1) is 0 Å². The predicted molar refractivity (Wildman–Crippen MR) is 73.2 cm³/mol. The maximum atomic E-state index is 12.9. The van der Waals surface area contributed by atoms with Crippen molar-refractivity contribution in [2.75, 3.05) is 11.1 Å². The molecule has 3 aromatic rings. The van der Waals surface area contributed by atoms with Crippen LogP contribution in [0, 0.1) is 5.82 Å². The Labute approximate surface area is 114 Å². The molecule has 2 heterocycles. The van der Waals surface area contributed by atoms with Crippen LogP contribution in [0.3, 0.4) is 0 Å². The van der Waals surface area contributed by atoms with Crippen LogP contribution in [0.5, 0.6) is 0 Å². The van der Waals surface area contributed by atoms with Gasteiger partial charge in [0.1, 0.15) is 24.2 Å². The van der Waals surface area contributed by atoms with Crippen LogP contribution >= 0.6 is 0 Å². The summed E-state index contributed by atoms with van der Waals surface area (Å²) in [5.41, 5.74) is 7.11. The normalized spacial score (nSPS) is 10.4. The molecule has 0 saturated carbocycles. The van der Waals surface area contributed by atoms with Crippen molar-refractivity contribution in [2.24, 2.45) is 0 Å². The molecule has 0 amide bonds. The highest BCUT2D eigenvalue weighted by Gasteiger charge is 2.09. The molecule has 1 aromatic carbocycles. The van der Waals surface area contributed by atoms with E-state index in [1.165, 1.54) is 18.5 Å². The summed E-state index contributed by atoms with van der Waals surface area (Å²) in [6.07, 6.45) is 6.37. The van der Waals surface area contributed by atoms with E-state index in [0.717, 1.165) is 0 Å². The van der Waals surface area contributed by atoms with Crippen LogP contribution in [0.1, 0.15) is 0 Å². The lowest BCUT2D eigenvalue weighted by atomic mass is 10.3. The molecule has 7 heteroatoms. The van der Waals surface area contributed by atoms with E-state index in [2.05, 4.69) is 20.3 Å². The van der Waals surface area contributed by atoms with Gasteiger partial charge >= 0.3 is 0 Å². The Morgan fingerprint density at radius 2 is 1.95 bits per heavy atom. The van der Waals surface area contributed by atoms with Crippen LogP contribution in [0.25, 0.3) is 5.82 Å². The van der Waals surface area contributed by atoms with E-state index in [0.29, 0.717) is 23.0 Å². The number of nitrogens with two attached hydrogens (primary N) is 1. The molecule has 0 spiro atoms. The van der Waals surface area contributed by atoms with Gasteiger partial charge in [-0.2, -0.15) is 0 Å². The molecule has 100 valence electrons. The van der Waals surface area contributed by atoms with Gasteiger partial charge in [-0.15, -0.1) is 0 Å². The van der Waals surface area contributed by atoms with Gasteiger partial charge in [0.25, 0.3) is 0 Å². The van der Waals surface area contributed by atoms with Crippen molar-refractivity contribution in [2.45, 2.75) is 0 Å². The summed E-state index contributed by atoms with van der Waals surface area (Å²) in [6, 6.07) is 5.93. The fraction of sp³-hybridized carbons (Fsp3) is 0. The van der Waals surface area contributed by atoms with E-state index in [9.17, 15) is 4.39 Å². The summed E-state index contributed by atoms with van der Waals surface area (Å²) < 4.78 is 14.6. The molecule has 0 fully saturated rings. The third-order valence-electron chi connectivity index (χ3n) is 2.72. The Morgan fingerprint density at radius 1 is 1.15 bits per heavy atom. The predicted octanol–water partition coefficient (Wildman–Crippen LogP) is 2.13. The van der Waals surface area contributed by atoms with Crippen LogP contribution in [0.2, 0.25) is 0 Å². The first-order valence-corrected chi connectivity index (χ1v) is 5.85. The van der Waals surface area contributed by atoms with Gasteiger partial charge in [0.15, 0.2) is 11.6 Å². The summed E-state index contributed by atoms with van der Waals surface area (Å²) in [6.45, 7) is 0. The van der Waals surface area contributed by atoms with Gasteiger partial charge in [-0.1, -0.05) is 0 Å². The fourth-order valence-corrected chi connectivity index (χ4v) is 1.75. The van der Waals surface area contributed by atoms with E-state index in [4.69, 9.17) is 5.73 Å². The van der Waals surface area contributed by atoms with E-state index in [1.807, 2.05) is 0 Å². The number of imidazole rings is 1. The van der Waals surface area contributed by atoms with Gasteiger partial charge in [-0.05, 0) is 24.3 Å². The minimum Gasteiger partial charge on any atom is -0.393 e.